The third kappa shape index (κ3) is 10.6. The van der Waals surface area contributed by atoms with Crippen LogP contribution in [0.5, 0.6) is 0 Å². The normalized spacial score (nSPS) is 12.3. The van der Waals surface area contributed by atoms with Gasteiger partial charge in [0.1, 0.15) is 7.11 Å². The van der Waals surface area contributed by atoms with Gasteiger partial charge >= 0.3 is 5.97 Å². The molecule has 0 heterocycles. The SMILES string of the molecule is CC.CC.CC.CC.CO/N=C(/C(=O)OC)C1=C(C(=O)c2ccccc2)CC(C)=C(C)C1. The van der Waals surface area contributed by atoms with Gasteiger partial charge in [0.25, 0.3) is 0 Å². The number of rotatable bonds is 5. The van der Waals surface area contributed by atoms with E-state index in [1.54, 1.807) is 12.1 Å². The maximum atomic E-state index is 13.0. The second kappa shape index (κ2) is 21.5. The first kappa shape index (κ1) is 33.9. The predicted octanol–water partition coefficient (Wildman–Crippen LogP) is 7.58. The predicted molar refractivity (Wildman–Crippen MR) is 137 cm³/mol. The molecule has 0 bridgehead atoms. The van der Waals surface area contributed by atoms with Crippen LogP contribution in [0.25, 0.3) is 0 Å². The fraction of sp³-hybridized carbons (Fsp3) is 0.519. The minimum Gasteiger partial charge on any atom is -0.464 e. The standard InChI is InChI=1S/C19H21NO4.4C2H6/c1-12-10-15(17(20-24-4)19(22)23-3)16(11-13(12)2)18(21)14-8-6-5-7-9-14;4*1-2/h5-9H,10-11H2,1-4H3;4*1-2H3/b20-17+;;;;. The number of methoxy groups -OCH3 is 1. The summed E-state index contributed by atoms with van der Waals surface area (Å²) in [6, 6.07) is 9.01. The Balaban J connectivity index is -0.000000945. The molecule has 0 saturated heterocycles. The van der Waals surface area contributed by atoms with Gasteiger partial charge in [0.05, 0.1) is 7.11 Å². The summed E-state index contributed by atoms with van der Waals surface area (Å²) in [7, 11) is 2.64. The van der Waals surface area contributed by atoms with E-state index in [0.29, 0.717) is 29.6 Å². The number of Topliss-reactive ketones (excluding diaryl/α,β-unsaturated/α-hetero) is 1. The van der Waals surface area contributed by atoms with Crippen LogP contribution >= 0.6 is 0 Å². The molecule has 0 aromatic heterocycles. The number of oxime groups is 1. The number of ketones is 1. The summed E-state index contributed by atoms with van der Waals surface area (Å²) in [5.74, 6) is -0.720. The largest absolute Gasteiger partial charge is 0.464 e. The Morgan fingerprint density at radius 1 is 0.750 bits per heavy atom. The molecule has 0 saturated carbocycles. The van der Waals surface area contributed by atoms with E-state index in [0.717, 1.165) is 11.1 Å². The molecule has 0 unspecified atom stereocenters. The van der Waals surface area contributed by atoms with Crippen molar-refractivity contribution >= 4 is 17.5 Å². The van der Waals surface area contributed by atoms with Crippen LogP contribution in [0.3, 0.4) is 0 Å². The first-order valence-electron chi connectivity index (χ1n) is 11.7. The highest BCUT2D eigenvalue weighted by Crippen LogP contribution is 2.32. The average molecular weight is 448 g/mol. The molecular formula is C27H45NO4. The first-order chi connectivity index (χ1) is 15.5. The number of benzene rings is 1. The molecule has 1 aromatic carbocycles. The lowest BCUT2D eigenvalue weighted by Gasteiger charge is -2.22. The van der Waals surface area contributed by atoms with Crippen molar-refractivity contribution < 1.29 is 19.2 Å². The summed E-state index contributed by atoms with van der Waals surface area (Å²) >= 11 is 0. The number of hydrogen-bond acceptors (Lipinski definition) is 5. The molecule has 5 heteroatoms. The smallest absolute Gasteiger partial charge is 0.360 e. The molecule has 0 amide bonds. The highest BCUT2D eigenvalue weighted by atomic mass is 16.6. The highest BCUT2D eigenvalue weighted by molar-refractivity contribution is 6.44. The van der Waals surface area contributed by atoms with E-state index in [1.807, 2.05) is 87.4 Å². The zero-order valence-electron chi connectivity index (χ0n) is 22.4. The molecule has 182 valence electrons. The molecule has 1 aliphatic rings. The maximum absolute atomic E-state index is 13.0. The molecule has 32 heavy (non-hydrogen) atoms. The Morgan fingerprint density at radius 2 is 1.19 bits per heavy atom. The van der Waals surface area contributed by atoms with Gasteiger partial charge in [-0.15, -0.1) is 0 Å². The van der Waals surface area contributed by atoms with Crippen LogP contribution in [0.1, 0.15) is 92.4 Å². The van der Waals surface area contributed by atoms with Crippen molar-refractivity contribution in [3.8, 4) is 0 Å². The fourth-order valence-corrected chi connectivity index (χ4v) is 2.66. The number of carbonyl (C=O) groups excluding carboxylic acids is 2. The van der Waals surface area contributed by atoms with E-state index in [-0.39, 0.29) is 11.5 Å². The van der Waals surface area contributed by atoms with E-state index in [2.05, 4.69) is 5.16 Å². The Morgan fingerprint density at radius 3 is 1.59 bits per heavy atom. The number of esters is 1. The lowest BCUT2D eigenvalue weighted by molar-refractivity contribution is -0.132. The van der Waals surface area contributed by atoms with E-state index in [9.17, 15) is 9.59 Å². The van der Waals surface area contributed by atoms with Gasteiger partial charge in [-0.25, -0.2) is 4.79 Å². The summed E-state index contributed by atoms with van der Waals surface area (Å²) in [6.07, 6.45) is 0.950. The van der Waals surface area contributed by atoms with Crippen molar-refractivity contribution in [2.75, 3.05) is 14.2 Å². The highest BCUT2D eigenvalue weighted by Gasteiger charge is 2.29. The molecule has 5 nitrogen and oxygen atoms in total. The summed E-state index contributed by atoms with van der Waals surface area (Å²) in [5.41, 5.74) is 4.00. The van der Waals surface area contributed by atoms with Gasteiger partial charge in [-0.1, -0.05) is 102 Å². The van der Waals surface area contributed by atoms with Crippen molar-refractivity contribution in [3.05, 3.63) is 58.2 Å². The van der Waals surface area contributed by atoms with Crippen molar-refractivity contribution in [2.24, 2.45) is 5.16 Å². The maximum Gasteiger partial charge on any atom is 0.360 e. The van der Waals surface area contributed by atoms with Crippen molar-refractivity contribution in [1.29, 1.82) is 0 Å². The summed E-state index contributed by atoms with van der Waals surface area (Å²) in [6.45, 7) is 20.0. The molecule has 0 radical (unpaired) electrons. The Kier molecular flexibility index (Phi) is 22.8. The summed E-state index contributed by atoms with van der Waals surface area (Å²) < 4.78 is 4.80. The topological polar surface area (TPSA) is 65.0 Å². The van der Waals surface area contributed by atoms with E-state index < -0.39 is 5.97 Å². The molecule has 0 fully saturated rings. The van der Waals surface area contributed by atoms with Crippen LogP contribution in [-0.4, -0.2) is 31.7 Å². The van der Waals surface area contributed by atoms with Crippen LogP contribution in [0.4, 0.5) is 0 Å². The zero-order valence-corrected chi connectivity index (χ0v) is 22.4. The van der Waals surface area contributed by atoms with Crippen LogP contribution in [-0.2, 0) is 14.4 Å². The summed E-state index contributed by atoms with van der Waals surface area (Å²) in [5, 5.41) is 3.81. The van der Waals surface area contributed by atoms with Crippen LogP contribution in [0.15, 0.2) is 57.8 Å². The molecule has 0 N–H and O–H groups in total. The number of ether oxygens (including phenoxy) is 1. The zero-order chi connectivity index (χ0) is 25.7. The number of allylic oxidation sites excluding steroid dienone is 3. The molecule has 0 atom stereocenters. The lowest BCUT2D eigenvalue weighted by Crippen LogP contribution is -2.24. The van der Waals surface area contributed by atoms with Crippen LogP contribution in [0.2, 0.25) is 0 Å². The number of nitrogens with zero attached hydrogens (tertiary/aromatic N) is 1. The number of hydrogen-bond donors (Lipinski definition) is 0. The molecule has 0 aliphatic heterocycles. The Bertz CT molecular complexity index is 744. The van der Waals surface area contributed by atoms with Gasteiger partial charge in [-0.3, -0.25) is 4.79 Å². The van der Waals surface area contributed by atoms with Crippen molar-refractivity contribution in [2.45, 2.75) is 82.1 Å². The molecule has 1 aromatic rings. The Hall–Kier alpha value is -2.69. The lowest BCUT2D eigenvalue weighted by atomic mass is 9.82. The van der Waals surface area contributed by atoms with Crippen molar-refractivity contribution in [3.63, 3.8) is 0 Å². The number of carbonyl (C=O) groups is 2. The second-order valence-corrected chi connectivity index (χ2v) is 5.68. The first-order valence-corrected chi connectivity index (χ1v) is 11.7. The third-order valence-electron chi connectivity index (χ3n) is 4.13. The minimum atomic E-state index is -0.613. The Labute approximate surface area is 196 Å². The molecule has 1 aliphatic carbocycles. The minimum absolute atomic E-state index is 0.0473. The molecule has 2 rings (SSSR count). The molecular weight excluding hydrogens is 402 g/mol. The van der Waals surface area contributed by atoms with Crippen LogP contribution < -0.4 is 0 Å². The van der Waals surface area contributed by atoms with E-state index in [1.165, 1.54) is 14.2 Å². The van der Waals surface area contributed by atoms with Gasteiger partial charge in [-0.2, -0.15) is 0 Å². The third-order valence-corrected chi connectivity index (χ3v) is 4.13. The van der Waals surface area contributed by atoms with Crippen molar-refractivity contribution in [1.82, 2.24) is 0 Å². The van der Waals surface area contributed by atoms with Crippen LogP contribution in [0, 0.1) is 0 Å². The second-order valence-electron chi connectivity index (χ2n) is 5.68. The quantitative estimate of drug-likeness (QED) is 0.153. The van der Waals surface area contributed by atoms with Gasteiger partial charge in [0.15, 0.2) is 11.5 Å². The fourth-order valence-electron chi connectivity index (χ4n) is 2.66. The van der Waals surface area contributed by atoms with Gasteiger partial charge in [-0.05, 0) is 26.7 Å². The van der Waals surface area contributed by atoms with Gasteiger partial charge in [0, 0.05) is 16.7 Å². The van der Waals surface area contributed by atoms with E-state index in [4.69, 9.17) is 9.57 Å². The van der Waals surface area contributed by atoms with Gasteiger partial charge < -0.3 is 9.57 Å². The molecule has 0 spiro atoms. The van der Waals surface area contributed by atoms with E-state index >= 15 is 0 Å². The van der Waals surface area contributed by atoms with Gasteiger partial charge in [0.2, 0.25) is 0 Å². The monoisotopic (exact) mass is 447 g/mol. The summed E-state index contributed by atoms with van der Waals surface area (Å²) in [4.78, 5) is 29.9. The average Bonchev–Trinajstić information content (AvgIpc) is 2.88.